The molecule has 0 radical (unpaired) electrons. The molecule has 0 aliphatic rings. The van der Waals surface area contributed by atoms with Crippen LogP contribution in [0.2, 0.25) is 0 Å². The Labute approximate surface area is 171 Å². The van der Waals surface area contributed by atoms with Gasteiger partial charge in [0.2, 0.25) is 0 Å². The summed E-state index contributed by atoms with van der Waals surface area (Å²) < 4.78 is 13.0. The van der Waals surface area contributed by atoms with Gasteiger partial charge in [0.25, 0.3) is 5.91 Å². The van der Waals surface area contributed by atoms with Crippen molar-refractivity contribution in [1.82, 2.24) is 20.8 Å². The number of aromatic nitrogens is 2. The molecular formula is C22H18FN5O2. The topological polar surface area (TPSA) is 98.9 Å². The largest absolute Gasteiger partial charge is 0.360 e. The second-order valence-corrected chi connectivity index (χ2v) is 6.64. The molecule has 0 spiro atoms. The zero-order valence-electron chi connectivity index (χ0n) is 16.0. The van der Waals surface area contributed by atoms with Crippen LogP contribution in [0.3, 0.4) is 0 Å². The lowest BCUT2D eigenvalue weighted by atomic mass is 10.0. The van der Waals surface area contributed by atoms with Crippen LogP contribution in [0, 0.1) is 12.7 Å². The molecule has 0 aliphatic heterocycles. The third-order valence-corrected chi connectivity index (χ3v) is 4.52. The monoisotopic (exact) mass is 403 g/mol. The first-order valence-corrected chi connectivity index (χ1v) is 9.18. The summed E-state index contributed by atoms with van der Waals surface area (Å²) in [6.07, 6.45) is 1.80. The fourth-order valence-electron chi connectivity index (χ4n) is 3.09. The Kier molecular flexibility index (Phi) is 5.13. The summed E-state index contributed by atoms with van der Waals surface area (Å²) >= 11 is 0. The van der Waals surface area contributed by atoms with Crippen molar-refractivity contribution in [2.24, 2.45) is 0 Å². The number of urea groups is 1. The third kappa shape index (κ3) is 3.97. The summed E-state index contributed by atoms with van der Waals surface area (Å²) in [5.74, 6) is -0.928. The number of carbonyl (C=O) groups is 2. The van der Waals surface area contributed by atoms with Crippen LogP contribution in [0.5, 0.6) is 0 Å². The number of nitrogens with zero attached hydrogens (tertiary/aromatic N) is 1. The molecule has 0 fully saturated rings. The van der Waals surface area contributed by atoms with Crippen molar-refractivity contribution in [1.29, 1.82) is 0 Å². The average Bonchev–Trinajstić information content (AvgIpc) is 3.18. The van der Waals surface area contributed by atoms with Gasteiger partial charge in [0.15, 0.2) is 0 Å². The second kappa shape index (κ2) is 8.04. The Hall–Kier alpha value is -4.20. The minimum absolute atomic E-state index is 0.312. The number of amides is 3. The highest BCUT2D eigenvalue weighted by molar-refractivity contribution is 6.05. The molecule has 2 aromatic carbocycles. The third-order valence-electron chi connectivity index (χ3n) is 4.52. The van der Waals surface area contributed by atoms with Crippen LogP contribution < -0.4 is 16.2 Å². The number of para-hydroxylation sites is 1. The normalized spacial score (nSPS) is 10.6. The Morgan fingerprint density at radius 1 is 0.967 bits per heavy atom. The van der Waals surface area contributed by atoms with Gasteiger partial charge in [-0.25, -0.2) is 14.6 Å². The summed E-state index contributed by atoms with van der Waals surface area (Å²) in [6.45, 7) is 1.84. The van der Waals surface area contributed by atoms with Gasteiger partial charge in [0.1, 0.15) is 5.82 Å². The molecule has 4 rings (SSSR count). The van der Waals surface area contributed by atoms with Gasteiger partial charge in [-0.05, 0) is 49.4 Å². The van der Waals surface area contributed by atoms with Gasteiger partial charge < -0.3 is 10.3 Å². The van der Waals surface area contributed by atoms with Crippen LogP contribution >= 0.6 is 0 Å². The molecule has 2 aromatic heterocycles. The molecular weight excluding hydrogens is 385 g/mol. The molecule has 0 aliphatic carbocycles. The Morgan fingerprint density at radius 2 is 1.73 bits per heavy atom. The summed E-state index contributed by atoms with van der Waals surface area (Å²) in [7, 11) is 0. The Bertz CT molecular complexity index is 1230. The molecule has 0 unspecified atom stereocenters. The zero-order valence-corrected chi connectivity index (χ0v) is 16.0. The second-order valence-electron chi connectivity index (χ2n) is 6.64. The maximum atomic E-state index is 13.0. The fraction of sp³-hybridized carbons (Fsp3) is 0.0455. The van der Waals surface area contributed by atoms with Gasteiger partial charge in [0, 0.05) is 34.0 Å². The van der Waals surface area contributed by atoms with E-state index in [1.54, 1.807) is 18.3 Å². The summed E-state index contributed by atoms with van der Waals surface area (Å²) in [4.78, 5) is 32.5. The minimum Gasteiger partial charge on any atom is -0.360 e. The van der Waals surface area contributed by atoms with E-state index in [1.165, 1.54) is 24.3 Å². The number of H-pyrrole nitrogens is 1. The lowest BCUT2D eigenvalue weighted by molar-refractivity contribution is 0.0938. The molecule has 4 aromatic rings. The van der Waals surface area contributed by atoms with Crippen LogP contribution in [0.1, 0.15) is 16.1 Å². The lowest BCUT2D eigenvalue weighted by Gasteiger charge is -2.12. The molecule has 0 atom stereocenters. The van der Waals surface area contributed by atoms with Crippen LogP contribution in [-0.4, -0.2) is 21.9 Å². The standard InChI is InChI=1S/C22H18FN5O2/c1-13-6-11-17(20(25-13)18-12-24-19-5-3-2-4-16(18)19)21(29)27-28-22(30)26-15-9-7-14(23)8-10-15/h2-12,24H,1H3,(H,27,29)(H2,26,28,30). The molecule has 3 amide bonds. The molecule has 0 saturated carbocycles. The average molecular weight is 403 g/mol. The number of aromatic amines is 1. The first kappa shape index (κ1) is 19.1. The molecule has 0 bridgehead atoms. The number of hydrazine groups is 1. The van der Waals surface area contributed by atoms with E-state index in [0.717, 1.165) is 22.2 Å². The van der Waals surface area contributed by atoms with E-state index in [1.807, 2.05) is 31.2 Å². The van der Waals surface area contributed by atoms with E-state index in [-0.39, 0.29) is 0 Å². The molecule has 7 nitrogen and oxygen atoms in total. The summed E-state index contributed by atoms with van der Waals surface area (Å²) in [5.41, 5.74) is 8.35. The van der Waals surface area contributed by atoms with E-state index in [0.29, 0.717) is 16.9 Å². The highest BCUT2D eigenvalue weighted by atomic mass is 19.1. The number of aryl methyl sites for hydroxylation is 1. The van der Waals surface area contributed by atoms with Crippen molar-refractivity contribution >= 4 is 28.5 Å². The number of rotatable bonds is 3. The summed E-state index contributed by atoms with van der Waals surface area (Å²) in [6, 6.07) is 15.7. The Morgan fingerprint density at radius 3 is 2.53 bits per heavy atom. The van der Waals surface area contributed by atoms with Gasteiger partial charge in [-0.15, -0.1) is 0 Å². The van der Waals surface area contributed by atoms with Gasteiger partial charge in [-0.1, -0.05) is 18.2 Å². The van der Waals surface area contributed by atoms with Crippen molar-refractivity contribution < 1.29 is 14.0 Å². The molecule has 8 heteroatoms. The van der Waals surface area contributed by atoms with E-state index < -0.39 is 17.8 Å². The van der Waals surface area contributed by atoms with Crippen molar-refractivity contribution in [3.05, 3.63) is 83.9 Å². The van der Waals surface area contributed by atoms with Gasteiger partial charge >= 0.3 is 6.03 Å². The van der Waals surface area contributed by atoms with E-state index in [4.69, 9.17) is 0 Å². The van der Waals surface area contributed by atoms with Crippen molar-refractivity contribution in [3.63, 3.8) is 0 Å². The molecule has 150 valence electrons. The maximum absolute atomic E-state index is 13.0. The smallest absolute Gasteiger partial charge is 0.337 e. The highest BCUT2D eigenvalue weighted by Gasteiger charge is 2.18. The van der Waals surface area contributed by atoms with E-state index >= 15 is 0 Å². The Balaban J connectivity index is 1.53. The molecule has 4 N–H and O–H groups in total. The number of hydrogen-bond donors (Lipinski definition) is 4. The number of carbonyl (C=O) groups excluding carboxylic acids is 2. The number of pyridine rings is 1. The van der Waals surface area contributed by atoms with Crippen LogP contribution in [0.15, 0.2) is 66.9 Å². The van der Waals surface area contributed by atoms with Crippen LogP contribution in [0.4, 0.5) is 14.9 Å². The maximum Gasteiger partial charge on any atom is 0.337 e. The SMILES string of the molecule is Cc1ccc(C(=O)NNC(=O)Nc2ccc(F)cc2)c(-c2c[nH]c3ccccc23)n1. The highest BCUT2D eigenvalue weighted by Crippen LogP contribution is 2.29. The number of fused-ring (bicyclic) bond motifs is 1. The fourth-order valence-corrected chi connectivity index (χ4v) is 3.09. The zero-order chi connectivity index (χ0) is 21.1. The number of nitrogens with one attached hydrogen (secondary N) is 4. The van der Waals surface area contributed by atoms with E-state index in [9.17, 15) is 14.0 Å². The first-order chi connectivity index (χ1) is 14.5. The van der Waals surface area contributed by atoms with Crippen molar-refractivity contribution in [2.45, 2.75) is 6.92 Å². The number of benzene rings is 2. The first-order valence-electron chi connectivity index (χ1n) is 9.18. The molecule has 2 heterocycles. The van der Waals surface area contributed by atoms with Gasteiger partial charge in [0.05, 0.1) is 11.3 Å². The van der Waals surface area contributed by atoms with Crippen LogP contribution in [0.25, 0.3) is 22.2 Å². The predicted molar refractivity (Wildman–Crippen MR) is 112 cm³/mol. The molecule has 0 saturated heterocycles. The summed E-state index contributed by atoms with van der Waals surface area (Å²) in [5, 5.41) is 3.44. The number of hydrogen-bond acceptors (Lipinski definition) is 3. The lowest BCUT2D eigenvalue weighted by Crippen LogP contribution is -2.44. The number of anilines is 1. The quantitative estimate of drug-likeness (QED) is 0.387. The van der Waals surface area contributed by atoms with Gasteiger partial charge in [-0.2, -0.15) is 0 Å². The van der Waals surface area contributed by atoms with Crippen molar-refractivity contribution in [2.75, 3.05) is 5.32 Å². The number of halogens is 1. The predicted octanol–water partition coefficient (Wildman–Crippen LogP) is 4.14. The minimum atomic E-state index is -0.663. The van der Waals surface area contributed by atoms with E-state index in [2.05, 4.69) is 26.1 Å². The van der Waals surface area contributed by atoms with Gasteiger partial charge in [-0.3, -0.25) is 15.2 Å². The molecule has 30 heavy (non-hydrogen) atoms. The van der Waals surface area contributed by atoms with Crippen molar-refractivity contribution in [3.8, 4) is 11.3 Å². The van der Waals surface area contributed by atoms with Crippen LogP contribution in [-0.2, 0) is 0 Å².